The van der Waals surface area contributed by atoms with E-state index in [1.807, 2.05) is 0 Å². The summed E-state index contributed by atoms with van der Waals surface area (Å²) in [5.41, 5.74) is 0.132. The van der Waals surface area contributed by atoms with Gasteiger partial charge < -0.3 is 10.1 Å². The van der Waals surface area contributed by atoms with Gasteiger partial charge in [0.1, 0.15) is 6.54 Å². The Morgan fingerprint density at radius 2 is 2.24 bits per heavy atom. The van der Waals surface area contributed by atoms with Crippen molar-refractivity contribution in [3.63, 3.8) is 0 Å². The minimum Gasteiger partial charge on any atom is -0.465 e. The van der Waals surface area contributed by atoms with Gasteiger partial charge in [0.25, 0.3) is 5.69 Å². The number of nitrogens with one attached hydrogen (secondary N) is 1. The van der Waals surface area contributed by atoms with Gasteiger partial charge in [0.05, 0.1) is 23.2 Å². The summed E-state index contributed by atoms with van der Waals surface area (Å²) in [5.74, 6) is -0.576. The summed E-state index contributed by atoms with van der Waals surface area (Å²) in [6.45, 7) is 1.56. The summed E-state index contributed by atoms with van der Waals surface area (Å²) in [6, 6.07) is 3.39. The highest BCUT2D eigenvalue weighted by Crippen LogP contribution is 2.20. The van der Waals surface area contributed by atoms with Gasteiger partial charge in [-0.25, -0.2) is 4.79 Å². The zero-order valence-corrected chi connectivity index (χ0v) is 11.1. The molecule has 0 spiro atoms. The summed E-state index contributed by atoms with van der Waals surface area (Å²) in [7, 11) is 0. The standard InChI is InChI=1S/C12H12N4O5/c1-2-21-11(17)7-13-12(18)15-10-5-9(16(19)20)4-3-8(10)6-14-15/h3-6H,2,7H2,1H3,(H,13,18). The van der Waals surface area contributed by atoms with Gasteiger partial charge in [0.15, 0.2) is 0 Å². The van der Waals surface area contributed by atoms with Crippen molar-refractivity contribution in [2.24, 2.45) is 0 Å². The summed E-state index contributed by atoms with van der Waals surface area (Å²) in [6.07, 6.45) is 1.41. The van der Waals surface area contributed by atoms with Crippen LogP contribution in [0.2, 0.25) is 0 Å². The molecule has 0 unspecified atom stereocenters. The molecule has 0 atom stereocenters. The Balaban J connectivity index is 2.21. The third-order valence-electron chi connectivity index (χ3n) is 2.65. The lowest BCUT2D eigenvalue weighted by atomic mass is 10.2. The number of benzene rings is 1. The van der Waals surface area contributed by atoms with Crippen LogP contribution in [-0.2, 0) is 9.53 Å². The van der Waals surface area contributed by atoms with E-state index in [0.29, 0.717) is 5.39 Å². The van der Waals surface area contributed by atoms with Crippen LogP contribution in [0.1, 0.15) is 6.92 Å². The molecule has 0 radical (unpaired) electrons. The van der Waals surface area contributed by atoms with Gasteiger partial charge in [-0.3, -0.25) is 14.9 Å². The van der Waals surface area contributed by atoms with E-state index in [-0.39, 0.29) is 24.4 Å². The lowest BCUT2D eigenvalue weighted by Gasteiger charge is -2.05. The molecule has 1 aromatic carbocycles. The third kappa shape index (κ3) is 3.14. The van der Waals surface area contributed by atoms with Gasteiger partial charge in [-0.1, -0.05) is 0 Å². The molecule has 1 aromatic heterocycles. The maximum Gasteiger partial charge on any atom is 0.343 e. The van der Waals surface area contributed by atoms with Crippen LogP contribution in [0.15, 0.2) is 24.4 Å². The van der Waals surface area contributed by atoms with Gasteiger partial charge >= 0.3 is 12.0 Å². The fraction of sp³-hybridized carbons (Fsp3) is 0.250. The second-order valence-corrected chi connectivity index (χ2v) is 4.02. The van der Waals surface area contributed by atoms with E-state index in [9.17, 15) is 19.7 Å². The zero-order valence-electron chi connectivity index (χ0n) is 11.1. The molecular formula is C12H12N4O5. The first-order valence-corrected chi connectivity index (χ1v) is 6.09. The van der Waals surface area contributed by atoms with Crippen LogP contribution in [0.25, 0.3) is 10.9 Å². The third-order valence-corrected chi connectivity index (χ3v) is 2.65. The molecule has 2 aromatic rings. The molecule has 0 saturated carbocycles. The van der Waals surface area contributed by atoms with Crippen molar-refractivity contribution in [3.05, 3.63) is 34.5 Å². The van der Waals surface area contributed by atoms with Gasteiger partial charge in [-0.15, -0.1) is 0 Å². The molecule has 0 saturated heterocycles. The van der Waals surface area contributed by atoms with Crippen LogP contribution in [0.3, 0.4) is 0 Å². The minimum absolute atomic E-state index is 0.151. The van der Waals surface area contributed by atoms with E-state index < -0.39 is 16.9 Å². The normalized spacial score (nSPS) is 10.3. The Kier molecular flexibility index (Phi) is 4.12. The molecule has 1 heterocycles. The highest BCUT2D eigenvalue weighted by atomic mass is 16.6. The van der Waals surface area contributed by atoms with E-state index in [2.05, 4.69) is 15.2 Å². The molecule has 0 aliphatic carbocycles. The minimum atomic E-state index is -0.668. The van der Waals surface area contributed by atoms with Crippen LogP contribution in [-0.4, -0.2) is 39.9 Å². The second-order valence-electron chi connectivity index (χ2n) is 4.02. The van der Waals surface area contributed by atoms with E-state index in [0.717, 1.165) is 4.68 Å². The topological polar surface area (TPSA) is 116 Å². The lowest BCUT2D eigenvalue weighted by molar-refractivity contribution is -0.384. The maximum atomic E-state index is 11.9. The number of nitro benzene ring substituents is 1. The van der Waals surface area contributed by atoms with E-state index in [1.54, 1.807) is 6.92 Å². The molecule has 9 nitrogen and oxygen atoms in total. The van der Waals surface area contributed by atoms with Crippen LogP contribution in [0.4, 0.5) is 10.5 Å². The Morgan fingerprint density at radius 1 is 1.48 bits per heavy atom. The molecular weight excluding hydrogens is 280 g/mol. The fourth-order valence-corrected chi connectivity index (χ4v) is 1.72. The molecule has 21 heavy (non-hydrogen) atoms. The molecule has 1 amide bonds. The maximum absolute atomic E-state index is 11.9. The lowest BCUT2D eigenvalue weighted by Crippen LogP contribution is -2.34. The van der Waals surface area contributed by atoms with Crippen molar-refractivity contribution in [3.8, 4) is 0 Å². The predicted octanol–water partition coefficient (Wildman–Crippen LogP) is 1.07. The highest BCUT2D eigenvalue weighted by molar-refractivity contribution is 5.92. The Bertz CT molecular complexity index is 709. The second kappa shape index (κ2) is 5.99. The fourth-order valence-electron chi connectivity index (χ4n) is 1.72. The average molecular weight is 292 g/mol. The van der Waals surface area contributed by atoms with E-state index in [1.165, 1.54) is 24.4 Å². The summed E-state index contributed by atoms with van der Waals surface area (Å²) in [5, 5.41) is 17.5. The van der Waals surface area contributed by atoms with E-state index in [4.69, 9.17) is 0 Å². The van der Waals surface area contributed by atoms with Crippen molar-refractivity contribution < 1.29 is 19.2 Å². The van der Waals surface area contributed by atoms with Crippen molar-refractivity contribution >= 4 is 28.6 Å². The first-order valence-electron chi connectivity index (χ1n) is 6.09. The number of aromatic nitrogens is 2. The number of amides is 1. The first kappa shape index (κ1) is 14.4. The number of nitrogens with zero attached hydrogens (tertiary/aromatic N) is 3. The van der Waals surface area contributed by atoms with Gasteiger partial charge in [-0.2, -0.15) is 9.78 Å². The number of ether oxygens (including phenoxy) is 1. The van der Waals surface area contributed by atoms with Gasteiger partial charge in [-0.05, 0) is 13.0 Å². The Labute approximate surface area is 118 Å². The number of fused-ring (bicyclic) bond motifs is 1. The van der Waals surface area contributed by atoms with E-state index >= 15 is 0 Å². The summed E-state index contributed by atoms with van der Waals surface area (Å²) >= 11 is 0. The summed E-state index contributed by atoms with van der Waals surface area (Å²) in [4.78, 5) is 33.3. The zero-order chi connectivity index (χ0) is 15.4. The largest absolute Gasteiger partial charge is 0.465 e. The SMILES string of the molecule is CCOC(=O)CNC(=O)n1ncc2ccc([N+](=O)[O-])cc21. The monoisotopic (exact) mass is 292 g/mol. The van der Waals surface area contributed by atoms with Crippen LogP contribution in [0, 0.1) is 10.1 Å². The number of carbonyl (C=O) groups excluding carboxylic acids is 2. The average Bonchev–Trinajstić information content (AvgIpc) is 2.88. The Hall–Kier alpha value is -2.97. The van der Waals surface area contributed by atoms with Crippen LogP contribution < -0.4 is 5.32 Å². The van der Waals surface area contributed by atoms with Crippen molar-refractivity contribution in [1.29, 1.82) is 0 Å². The number of hydrogen-bond donors (Lipinski definition) is 1. The number of rotatable bonds is 4. The number of nitro groups is 1. The highest BCUT2D eigenvalue weighted by Gasteiger charge is 2.15. The number of esters is 1. The summed E-state index contributed by atoms with van der Waals surface area (Å²) < 4.78 is 5.63. The molecule has 1 N–H and O–H groups in total. The van der Waals surface area contributed by atoms with Crippen LogP contribution >= 0.6 is 0 Å². The number of hydrogen-bond acceptors (Lipinski definition) is 6. The van der Waals surface area contributed by atoms with Crippen LogP contribution in [0.5, 0.6) is 0 Å². The quantitative estimate of drug-likeness (QED) is 0.511. The smallest absolute Gasteiger partial charge is 0.343 e. The van der Waals surface area contributed by atoms with Crippen molar-refractivity contribution in [2.45, 2.75) is 6.92 Å². The molecule has 0 fully saturated rings. The molecule has 110 valence electrons. The predicted molar refractivity (Wildman–Crippen MR) is 71.8 cm³/mol. The Morgan fingerprint density at radius 3 is 2.90 bits per heavy atom. The molecule has 0 aliphatic rings. The first-order chi connectivity index (χ1) is 10.0. The number of carbonyl (C=O) groups is 2. The molecule has 9 heteroatoms. The van der Waals surface area contributed by atoms with Crippen molar-refractivity contribution in [1.82, 2.24) is 15.1 Å². The molecule has 0 aliphatic heterocycles. The molecule has 2 rings (SSSR count). The van der Waals surface area contributed by atoms with Gasteiger partial charge in [0, 0.05) is 17.5 Å². The number of non-ortho nitro benzene ring substituents is 1. The van der Waals surface area contributed by atoms with Gasteiger partial charge in [0.2, 0.25) is 0 Å². The van der Waals surface area contributed by atoms with Crippen molar-refractivity contribution in [2.75, 3.05) is 13.2 Å². The molecule has 0 bridgehead atoms.